The fourth-order valence-electron chi connectivity index (χ4n) is 2.29. The standard InChI is InChI=1S/C16H18FN3O/c1-3-20(13-6-4-12(17)5-7-13)14-8-9-15(11(2)10-14)16(18)19-21/h4-10,21H,3H2,1-2H3,(H2,18,19). The summed E-state index contributed by atoms with van der Waals surface area (Å²) in [6.07, 6.45) is 0. The molecule has 0 amide bonds. The van der Waals surface area contributed by atoms with E-state index in [-0.39, 0.29) is 11.7 Å². The fourth-order valence-corrected chi connectivity index (χ4v) is 2.29. The molecule has 5 heteroatoms. The van der Waals surface area contributed by atoms with Crippen LogP contribution in [0.25, 0.3) is 0 Å². The molecule has 0 aliphatic carbocycles. The number of halogens is 1. The van der Waals surface area contributed by atoms with Crippen LogP contribution in [-0.2, 0) is 0 Å². The summed E-state index contributed by atoms with van der Waals surface area (Å²) in [5, 5.41) is 11.8. The largest absolute Gasteiger partial charge is 0.409 e. The molecule has 2 aromatic carbocycles. The molecular weight excluding hydrogens is 269 g/mol. The van der Waals surface area contributed by atoms with Gasteiger partial charge in [-0.15, -0.1) is 0 Å². The maximum atomic E-state index is 13.0. The lowest BCUT2D eigenvalue weighted by molar-refractivity contribution is 0.318. The van der Waals surface area contributed by atoms with E-state index in [1.54, 1.807) is 12.1 Å². The number of amidine groups is 1. The van der Waals surface area contributed by atoms with Crippen molar-refractivity contribution in [3.8, 4) is 0 Å². The SMILES string of the molecule is CCN(c1ccc(F)cc1)c1ccc(/C(N)=N/O)c(C)c1. The van der Waals surface area contributed by atoms with E-state index in [0.29, 0.717) is 5.56 Å². The molecule has 0 atom stereocenters. The first-order chi connectivity index (χ1) is 10.1. The summed E-state index contributed by atoms with van der Waals surface area (Å²) >= 11 is 0. The lowest BCUT2D eigenvalue weighted by Gasteiger charge is -2.24. The zero-order valence-corrected chi connectivity index (χ0v) is 12.0. The first kappa shape index (κ1) is 14.8. The number of nitrogens with two attached hydrogens (primary N) is 1. The van der Waals surface area contributed by atoms with E-state index in [0.717, 1.165) is 23.5 Å². The highest BCUT2D eigenvalue weighted by atomic mass is 19.1. The molecule has 2 aromatic rings. The van der Waals surface area contributed by atoms with Gasteiger partial charge in [-0.25, -0.2) is 4.39 Å². The molecule has 0 spiro atoms. The van der Waals surface area contributed by atoms with Crippen molar-refractivity contribution in [3.05, 3.63) is 59.4 Å². The van der Waals surface area contributed by atoms with Crippen molar-refractivity contribution in [2.45, 2.75) is 13.8 Å². The van der Waals surface area contributed by atoms with Crippen LogP contribution >= 0.6 is 0 Å². The van der Waals surface area contributed by atoms with Gasteiger partial charge in [-0.2, -0.15) is 0 Å². The number of anilines is 2. The number of rotatable bonds is 4. The fraction of sp³-hybridized carbons (Fsp3) is 0.188. The summed E-state index contributed by atoms with van der Waals surface area (Å²) in [5.74, 6) is -0.169. The van der Waals surface area contributed by atoms with E-state index in [2.05, 4.69) is 10.1 Å². The van der Waals surface area contributed by atoms with Crippen molar-refractivity contribution in [1.82, 2.24) is 0 Å². The number of oxime groups is 1. The molecule has 0 saturated heterocycles. The molecule has 0 fully saturated rings. The second-order valence-electron chi connectivity index (χ2n) is 4.71. The van der Waals surface area contributed by atoms with Gasteiger partial charge in [0.25, 0.3) is 0 Å². The van der Waals surface area contributed by atoms with Gasteiger partial charge in [0, 0.05) is 23.5 Å². The Balaban J connectivity index is 2.39. The lowest BCUT2D eigenvalue weighted by atomic mass is 10.1. The van der Waals surface area contributed by atoms with Crippen molar-refractivity contribution < 1.29 is 9.60 Å². The van der Waals surface area contributed by atoms with E-state index in [9.17, 15) is 4.39 Å². The average Bonchev–Trinajstić information content (AvgIpc) is 2.49. The highest BCUT2D eigenvalue weighted by molar-refractivity contribution is 5.98. The summed E-state index contributed by atoms with van der Waals surface area (Å²) in [6.45, 7) is 4.67. The van der Waals surface area contributed by atoms with E-state index >= 15 is 0 Å². The molecule has 0 unspecified atom stereocenters. The maximum absolute atomic E-state index is 13.0. The molecule has 0 aromatic heterocycles. The average molecular weight is 287 g/mol. The topological polar surface area (TPSA) is 61.8 Å². The van der Waals surface area contributed by atoms with Crippen LogP contribution < -0.4 is 10.6 Å². The Kier molecular flexibility index (Phi) is 4.42. The Labute approximate surface area is 123 Å². The van der Waals surface area contributed by atoms with Crippen LogP contribution in [0.5, 0.6) is 0 Å². The molecule has 0 aliphatic rings. The van der Waals surface area contributed by atoms with Crippen molar-refractivity contribution >= 4 is 17.2 Å². The van der Waals surface area contributed by atoms with Gasteiger partial charge in [0.05, 0.1) is 0 Å². The monoisotopic (exact) mass is 287 g/mol. The lowest BCUT2D eigenvalue weighted by Crippen LogP contribution is -2.18. The van der Waals surface area contributed by atoms with Crippen molar-refractivity contribution in [2.75, 3.05) is 11.4 Å². The predicted molar refractivity (Wildman–Crippen MR) is 82.8 cm³/mol. The number of nitrogens with zero attached hydrogens (tertiary/aromatic N) is 2. The third-order valence-electron chi connectivity index (χ3n) is 3.36. The van der Waals surface area contributed by atoms with Crippen molar-refractivity contribution in [3.63, 3.8) is 0 Å². The Morgan fingerprint density at radius 1 is 1.19 bits per heavy atom. The summed E-state index contributed by atoms with van der Waals surface area (Å²) in [7, 11) is 0. The summed E-state index contributed by atoms with van der Waals surface area (Å²) in [4.78, 5) is 2.06. The second-order valence-corrected chi connectivity index (χ2v) is 4.71. The Bertz CT molecular complexity index is 653. The summed E-state index contributed by atoms with van der Waals surface area (Å²) in [5.41, 5.74) is 9.10. The zero-order chi connectivity index (χ0) is 15.4. The van der Waals surface area contributed by atoms with Crippen LogP contribution in [0.2, 0.25) is 0 Å². The van der Waals surface area contributed by atoms with Gasteiger partial charge in [0.15, 0.2) is 5.84 Å². The zero-order valence-electron chi connectivity index (χ0n) is 12.0. The maximum Gasteiger partial charge on any atom is 0.170 e. The van der Waals surface area contributed by atoms with E-state index in [1.807, 2.05) is 32.0 Å². The molecule has 0 radical (unpaired) electrons. The first-order valence-electron chi connectivity index (χ1n) is 6.68. The smallest absolute Gasteiger partial charge is 0.170 e. The van der Waals surface area contributed by atoms with Crippen LogP contribution in [0.15, 0.2) is 47.6 Å². The van der Waals surface area contributed by atoms with Gasteiger partial charge in [-0.3, -0.25) is 0 Å². The van der Waals surface area contributed by atoms with Gasteiger partial charge in [0.2, 0.25) is 0 Å². The highest BCUT2D eigenvalue weighted by Crippen LogP contribution is 2.27. The minimum atomic E-state index is -0.256. The van der Waals surface area contributed by atoms with E-state index in [1.165, 1.54) is 12.1 Å². The molecule has 0 heterocycles. The molecule has 0 bridgehead atoms. The molecule has 3 N–H and O–H groups in total. The second kappa shape index (κ2) is 6.26. The summed E-state index contributed by atoms with van der Waals surface area (Å²) < 4.78 is 13.0. The van der Waals surface area contributed by atoms with Gasteiger partial charge in [-0.1, -0.05) is 5.16 Å². The Morgan fingerprint density at radius 3 is 2.33 bits per heavy atom. The molecule has 0 aliphatic heterocycles. The number of benzene rings is 2. The quantitative estimate of drug-likeness (QED) is 0.392. The highest BCUT2D eigenvalue weighted by Gasteiger charge is 2.10. The van der Waals surface area contributed by atoms with Crippen LogP contribution in [-0.4, -0.2) is 17.6 Å². The van der Waals surface area contributed by atoms with E-state index in [4.69, 9.17) is 10.9 Å². The number of aryl methyl sites for hydroxylation is 1. The van der Waals surface area contributed by atoms with Crippen molar-refractivity contribution in [2.24, 2.45) is 10.9 Å². The van der Waals surface area contributed by atoms with Crippen LogP contribution in [0, 0.1) is 12.7 Å². The summed E-state index contributed by atoms with van der Waals surface area (Å²) in [6, 6.07) is 12.0. The van der Waals surface area contributed by atoms with Crippen LogP contribution in [0.4, 0.5) is 15.8 Å². The van der Waals surface area contributed by atoms with Gasteiger partial charge in [-0.05, 0) is 61.9 Å². The third-order valence-corrected chi connectivity index (χ3v) is 3.36. The molecule has 0 saturated carbocycles. The minimum Gasteiger partial charge on any atom is -0.409 e. The third kappa shape index (κ3) is 3.13. The number of hydrogen-bond acceptors (Lipinski definition) is 3. The van der Waals surface area contributed by atoms with Crippen molar-refractivity contribution in [1.29, 1.82) is 0 Å². The molecular formula is C16H18FN3O. The predicted octanol–water partition coefficient (Wildman–Crippen LogP) is 3.39. The molecule has 4 nitrogen and oxygen atoms in total. The van der Waals surface area contributed by atoms with E-state index < -0.39 is 0 Å². The molecule has 110 valence electrons. The van der Waals surface area contributed by atoms with Gasteiger partial charge >= 0.3 is 0 Å². The number of hydrogen-bond donors (Lipinski definition) is 2. The van der Waals surface area contributed by atoms with Gasteiger partial charge in [0.1, 0.15) is 5.82 Å². The molecule has 2 rings (SSSR count). The molecule has 21 heavy (non-hydrogen) atoms. The Morgan fingerprint density at radius 2 is 1.81 bits per heavy atom. The Hall–Kier alpha value is -2.56. The van der Waals surface area contributed by atoms with Gasteiger partial charge < -0.3 is 15.8 Å². The van der Waals surface area contributed by atoms with Crippen LogP contribution in [0.1, 0.15) is 18.1 Å². The van der Waals surface area contributed by atoms with Crippen LogP contribution in [0.3, 0.4) is 0 Å². The minimum absolute atomic E-state index is 0.0869. The first-order valence-corrected chi connectivity index (χ1v) is 6.68. The normalized spacial score (nSPS) is 11.5.